The zero-order chi connectivity index (χ0) is 15.4. The summed E-state index contributed by atoms with van der Waals surface area (Å²) in [5, 5.41) is 22.0. The van der Waals surface area contributed by atoms with Crippen LogP contribution in [0.5, 0.6) is 0 Å². The fraction of sp³-hybridized carbons (Fsp3) is 0.231. The van der Waals surface area contributed by atoms with Gasteiger partial charge in [0, 0.05) is 23.7 Å². The Morgan fingerprint density at radius 3 is 2.86 bits per heavy atom. The highest BCUT2D eigenvalue weighted by molar-refractivity contribution is 7.09. The second-order valence-corrected chi connectivity index (χ2v) is 5.25. The molecule has 0 amide bonds. The summed E-state index contributed by atoms with van der Waals surface area (Å²) in [5.74, 6) is -1.06. The molecular weight excluding hydrogens is 294 g/mol. The first kappa shape index (κ1) is 14.9. The summed E-state index contributed by atoms with van der Waals surface area (Å²) in [6.07, 6.45) is 1.14. The summed E-state index contributed by atoms with van der Waals surface area (Å²) in [6.45, 7) is 2.89. The van der Waals surface area contributed by atoms with E-state index in [1.807, 2.05) is 24.4 Å². The summed E-state index contributed by atoms with van der Waals surface area (Å²) in [6, 6.07) is 4.88. The van der Waals surface area contributed by atoms with Crippen molar-refractivity contribution in [2.24, 2.45) is 0 Å². The number of rotatable bonds is 6. The quantitative estimate of drug-likeness (QED) is 0.651. The zero-order valence-corrected chi connectivity index (χ0v) is 12.0. The molecule has 2 aromatic heterocycles. The van der Waals surface area contributed by atoms with Crippen molar-refractivity contribution >= 4 is 28.8 Å². The average molecular weight is 307 g/mol. The molecule has 0 atom stereocenters. The SMILES string of the molecule is CCN(Cc1cccs1)c1ncc(C(=O)O)cc1[N+](=O)[O-]. The van der Waals surface area contributed by atoms with E-state index in [4.69, 9.17) is 5.11 Å². The van der Waals surface area contributed by atoms with E-state index in [1.165, 1.54) is 0 Å². The predicted octanol–water partition coefficient (Wildman–Crippen LogP) is 2.78. The first-order chi connectivity index (χ1) is 10.0. The Morgan fingerprint density at radius 1 is 1.57 bits per heavy atom. The van der Waals surface area contributed by atoms with Crippen molar-refractivity contribution in [2.75, 3.05) is 11.4 Å². The van der Waals surface area contributed by atoms with Crippen LogP contribution in [0.3, 0.4) is 0 Å². The molecule has 2 aromatic rings. The van der Waals surface area contributed by atoms with Crippen LogP contribution in [-0.4, -0.2) is 27.5 Å². The van der Waals surface area contributed by atoms with Crippen molar-refractivity contribution in [1.82, 2.24) is 4.98 Å². The van der Waals surface area contributed by atoms with E-state index in [9.17, 15) is 14.9 Å². The number of pyridine rings is 1. The number of aromatic nitrogens is 1. The Bertz CT molecular complexity index is 657. The largest absolute Gasteiger partial charge is 0.478 e. The lowest BCUT2D eigenvalue weighted by Gasteiger charge is -2.20. The monoisotopic (exact) mass is 307 g/mol. The van der Waals surface area contributed by atoms with E-state index in [1.54, 1.807) is 16.2 Å². The molecule has 2 rings (SSSR count). The lowest BCUT2D eigenvalue weighted by molar-refractivity contribution is -0.384. The summed E-state index contributed by atoms with van der Waals surface area (Å²) in [7, 11) is 0. The molecular formula is C13H13N3O4S. The molecule has 2 heterocycles. The second kappa shape index (κ2) is 6.31. The summed E-state index contributed by atoms with van der Waals surface area (Å²) in [4.78, 5) is 28.2. The molecule has 0 spiro atoms. The number of hydrogen-bond acceptors (Lipinski definition) is 6. The number of carboxylic acid groups (broad SMARTS) is 1. The third-order valence-electron chi connectivity index (χ3n) is 2.90. The molecule has 0 radical (unpaired) electrons. The number of carboxylic acids is 1. The first-order valence-corrected chi connectivity index (χ1v) is 7.06. The van der Waals surface area contributed by atoms with Crippen LogP contribution in [0.1, 0.15) is 22.2 Å². The normalized spacial score (nSPS) is 10.3. The number of carbonyl (C=O) groups is 1. The van der Waals surface area contributed by atoms with Crippen molar-refractivity contribution in [3.05, 3.63) is 50.3 Å². The minimum absolute atomic E-state index is 0.181. The maximum absolute atomic E-state index is 11.2. The highest BCUT2D eigenvalue weighted by atomic mass is 32.1. The molecule has 1 N–H and O–H groups in total. The van der Waals surface area contributed by atoms with Gasteiger partial charge < -0.3 is 10.0 Å². The van der Waals surface area contributed by atoms with Crippen LogP contribution in [0.2, 0.25) is 0 Å². The lowest BCUT2D eigenvalue weighted by atomic mass is 10.2. The predicted molar refractivity (Wildman–Crippen MR) is 78.9 cm³/mol. The highest BCUT2D eigenvalue weighted by Crippen LogP contribution is 2.28. The van der Waals surface area contributed by atoms with Gasteiger partial charge in [-0.2, -0.15) is 0 Å². The van der Waals surface area contributed by atoms with E-state index < -0.39 is 10.9 Å². The van der Waals surface area contributed by atoms with Crippen LogP contribution >= 0.6 is 11.3 Å². The van der Waals surface area contributed by atoms with E-state index in [0.717, 1.165) is 17.1 Å². The van der Waals surface area contributed by atoms with Gasteiger partial charge in [-0.3, -0.25) is 10.1 Å². The number of hydrogen-bond donors (Lipinski definition) is 1. The van der Waals surface area contributed by atoms with Gasteiger partial charge in [-0.15, -0.1) is 11.3 Å². The topological polar surface area (TPSA) is 96.6 Å². The van der Waals surface area contributed by atoms with Crippen LogP contribution < -0.4 is 4.90 Å². The van der Waals surface area contributed by atoms with Crippen molar-refractivity contribution in [3.63, 3.8) is 0 Å². The molecule has 7 nitrogen and oxygen atoms in total. The minimum Gasteiger partial charge on any atom is -0.478 e. The van der Waals surface area contributed by atoms with Crippen LogP contribution in [0.15, 0.2) is 29.8 Å². The molecule has 8 heteroatoms. The number of aromatic carboxylic acids is 1. The number of nitro groups is 1. The Hall–Kier alpha value is -2.48. The fourth-order valence-electron chi connectivity index (χ4n) is 1.87. The zero-order valence-electron chi connectivity index (χ0n) is 11.2. The van der Waals surface area contributed by atoms with Gasteiger partial charge in [0.2, 0.25) is 5.82 Å². The Kier molecular flexibility index (Phi) is 4.49. The Balaban J connectivity index is 2.40. The second-order valence-electron chi connectivity index (χ2n) is 4.22. The van der Waals surface area contributed by atoms with Crippen LogP contribution in [0.25, 0.3) is 0 Å². The third kappa shape index (κ3) is 3.34. The molecule has 0 unspecified atom stereocenters. The summed E-state index contributed by atoms with van der Waals surface area (Å²) in [5.41, 5.74) is -0.495. The molecule has 0 saturated carbocycles. The highest BCUT2D eigenvalue weighted by Gasteiger charge is 2.23. The van der Waals surface area contributed by atoms with Gasteiger partial charge in [0.15, 0.2) is 0 Å². The minimum atomic E-state index is -1.24. The maximum Gasteiger partial charge on any atom is 0.337 e. The van der Waals surface area contributed by atoms with E-state index in [2.05, 4.69) is 4.98 Å². The summed E-state index contributed by atoms with van der Waals surface area (Å²) < 4.78 is 0. The van der Waals surface area contributed by atoms with Crippen LogP contribution in [-0.2, 0) is 6.54 Å². The number of nitrogens with zero attached hydrogens (tertiary/aromatic N) is 3. The molecule has 0 aliphatic carbocycles. The van der Waals surface area contributed by atoms with E-state index >= 15 is 0 Å². The van der Waals surface area contributed by atoms with Crippen molar-refractivity contribution in [2.45, 2.75) is 13.5 Å². The number of anilines is 1. The van der Waals surface area contributed by atoms with E-state index in [0.29, 0.717) is 13.1 Å². The molecule has 0 aliphatic rings. The van der Waals surface area contributed by atoms with Gasteiger partial charge in [-0.05, 0) is 18.4 Å². The smallest absolute Gasteiger partial charge is 0.337 e. The molecule has 110 valence electrons. The molecule has 0 aromatic carbocycles. The third-order valence-corrected chi connectivity index (χ3v) is 3.76. The van der Waals surface area contributed by atoms with E-state index in [-0.39, 0.29) is 17.1 Å². The summed E-state index contributed by atoms with van der Waals surface area (Å²) >= 11 is 1.55. The van der Waals surface area contributed by atoms with Gasteiger partial charge in [-0.25, -0.2) is 9.78 Å². The first-order valence-electron chi connectivity index (χ1n) is 6.18. The Labute approximate surface area is 124 Å². The van der Waals surface area contributed by atoms with Gasteiger partial charge in [0.1, 0.15) is 0 Å². The fourth-order valence-corrected chi connectivity index (χ4v) is 2.59. The van der Waals surface area contributed by atoms with Gasteiger partial charge in [0.05, 0.1) is 17.0 Å². The molecule has 0 aliphatic heterocycles. The van der Waals surface area contributed by atoms with Gasteiger partial charge in [0.25, 0.3) is 0 Å². The Morgan fingerprint density at radius 2 is 2.33 bits per heavy atom. The van der Waals surface area contributed by atoms with Crippen LogP contribution in [0, 0.1) is 10.1 Å². The maximum atomic E-state index is 11.2. The van der Waals surface area contributed by atoms with Crippen molar-refractivity contribution in [3.8, 4) is 0 Å². The van der Waals surface area contributed by atoms with Gasteiger partial charge >= 0.3 is 11.7 Å². The average Bonchev–Trinajstić information content (AvgIpc) is 2.97. The van der Waals surface area contributed by atoms with Crippen molar-refractivity contribution < 1.29 is 14.8 Å². The van der Waals surface area contributed by atoms with Crippen molar-refractivity contribution in [1.29, 1.82) is 0 Å². The van der Waals surface area contributed by atoms with Crippen LogP contribution in [0.4, 0.5) is 11.5 Å². The number of thiophene rings is 1. The molecule has 0 bridgehead atoms. The molecule has 0 saturated heterocycles. The molecule has 21 heavy (non-hydrogen) atoms. The molecule has 0 fully saturated rings. The lowest BCUT2D eigenvalue weighted by Crippen LogP contribution is -2.24. The standard InChI is InChI=1S/C13H13N3O4S/c1-2-15(8-10-4-3-5-21-10)12-11(16(19)20)6-9(7-14-12)13(17)18/h3-7H,2,8H2,1H3,(H,17,18). The van der Waals surface area contributed by atoms with Gasteiger partial charge in [-0.1, -0.05) is 6.07 Å².